The van der Waals surface area contributed by atoms with Gasteiger partial charge in [0.1, 0.15) is 0 Å². The number of carbonyl (C=O) groups excluding carboxylic acids is 1. The Morgan fingerprint density at radius 3 is 1.80 bits per heavy atom. The molecule has 3 nitrogen and oxygen atoms in total. The van der Waals surface area contributed by atoms with Gasteiger partial charge in [0, 0.05) is 12.5 Å². The summed E-state index contributed by atoms with van der Waals surface area (Å²) in [7, 11) is 0. The quantitative estimate of drug-likeness (QED) is 0.107. The van der Waals surface area contributed by atoms with Crippen molar-refractivity contribution in [2.75, 3.05) is 0 Å². The molecule has 0 rings (SSSR count). The Morgan fingerprint density at radius 1 is 0.840 bits per heavy atom. The predicted molar refractivity (Wildman–Crippen MR) is 106 cm³/mol. The molecule has 0 amide bonds. The van der Waals surface area contributed by atoms with Gasteiger partial charge in [-0.3, -0.25) is 0 Å². The zero-order chi connectivity index (χ0) is 18.6. The Balaban J connectivity index is 3.31. The highest BCUT2D eigenvalue weighted by atomic mass is 16.6. The third-order valence-corrected chi connectivity index (χ3v) is 4.34. The fourth-order valence-corrected chi connectivity index (χ4v) is 2.81. The topological polar surface area (TPSA) is 46.5 Å². The largest absolute Gasteiger partial charge is 0.433 e. The van der Waals surface area contributed by atoms with Crippen LogP contribution in [0.2, 0.25) is 0 Å². The van der Waals surface area contributed by atoms with Crippen LogP contribution in [0.15, 0.2) is 24.3 Å². The van der Waals surface area contributed by atoms with Crippen LogP contribution in [-0.4, -0.2) is 17.4 Å². The van der Waals surface area contributed by atoms with Gasteiger partial charge >= 0.3 is 5.97 Å². The van der Waals surface area contributed by atoms with E-state index in [2.05, 4.69) is 6.92 Å². The summed E-state index contributed by atoms with van der Waals surface area (Å²) in [4.78, 5) is 11.4. The normalized spacial score (nSPS) is 12.9. The third-order valence-electron chi connectivity index (χ3n) is 4.34. The highest BCUT2D eigenvalue weighted by Gasteiger charge is 2.07. The van der Waals surface area contributed by atoms with E-state index in [0.29, 0.717) is 6.42 Å². The lowest BCUT2D eigenvalue weighted by molar-refractivity contribution is -0.162. The van der Waals surface area contributed by atoms with Crippen molar-refractivity contribution in [2.24, 2.45) is 0 Å². The van der Waals surface area contributed by atoms with E-state index < -0.39 is 12.3 Å². The van der Waals surface area contributed by atoms with Crippen molar-refractivity contribution in [3.63, 3.8) is 0 Å². The molecule has 1 atom stereocenters. The van der Waals surface area contributed by atoms with Gasteiger partial charge in [0.15, 0.2) is 0 Å². The van der Waals surface area contributed by atoms with Crippen LogP contribution in [0, 0.1) is 0 Å². The minimum atomic E-state index is -0.976. The number of carbonyl (C=O) groups is 1. The molecular weight excluding hydrogens is 312 g/mol. The van der Waals surface area contributed by atoms with E-state index in [1.54, 1.807) is 12.2 Å². The van der Waals surface area contributed by atoms with E-state index in [1.165, 1.54) is 76.7 Å². The van der Waals surface area contributed by atoms with Gasteiger partial charge in [-0.2, -0.15) is 0 Å². The number of esters is 1. The van der Waals surface area contributed by atoms with Gasteiger partial charge in [0.2, 0.25) is 6.29 Å². The monoisotopic (exact) mass is 352 g/mol. The Labute approximate surface area is 155 Å². The molecule has 0 heterocycles. The first kappa shape index (κ1) is 23.9. The molecule has 0 aliphatic rings. The van der Waals surface area contributed by atoms with Crippen molar-refractivity contribution in [3.05, 3.63) is 24.3 Å². The predicted octanol–water partition coefficient (Wildman–Crippen LogP) is 6.46. The zero-order valence-electron chi connectivity index (χ0n) is 16.5. The average Bonchev–Trinajstić information content (AvgIpc) is 2.59. The van der Waals surface area contributed by atoms with Gasteiger partial charge in [-0.25, -0.2) is 4.79 Å². The number of allylic oxidation sites excluding steroid dienone is 3. The number of hydrogen-bond acceptors (Lipinski definition) is 3. The van der Waals surface area contributed by atoms with Crippen LogP contribution >= 0.6 is 0 Å². The highest BCUT2D eigenvalue weighted by Crippen LogP contribution is 2.13. The van der Waals surface area contributed by atoms with Gasteiger partial charge in [0.25, 0.3) is 0 Å². The number of aliphatic hydroxyl groups excluding tert-OH is 1. The van der Waals surface area contributed by atoms with Crippen molar-refractivity contribution < 1.29 is 14.6 Å². The van der Waals surface area contributed by atoms with Gasteiger partial charge in [0.05, 0.1) is 0 Å². The maximum atomic E-state index is 11.4. The summed E-state index contributed by atoms with van der Waals surface area (Å²) in [6.45, 7) is 4.14. The molecule has 0 radical (unpaired) electrons. The SMILES string of the molecule is C/C=C/C=C/C(=O)OC(O)CCCCCCCCCCCCCCC. The number of hydrogen-bond donors (Lipinski definition) is 1. The molecule has 0 aromatic heterocycles. The lowest BCUT2D eigenvalue weighted by Gasteiger charge is -2.10. The summed E-state index contributed by atoms with van der Waals surface area (Å²) in [5.41, 5.74) is 0. The molecule has 0 spiro atoms. The van der Waals surface area contributed by atoms with Gasteiger partial charge in [-0.1, -0.05) is 102 Å². The lowest BCUT2D eigenvalue weighted by atomic mass is 10.0. The summed E-state index contributed by atoms with van der Waals surface area (Å²) in [6, 6.07) is 0. The van der Waals surface area contributed by atoms with E-state index in [1.807, 2.05) is 13.0 Å². The Kier molecular flexibility index (Phi) is 18.4. The second kappa shape index (κ2) is 19.2. The first-order chi connectivity index (χ1) is 12.2. The molecule has 0 fully saturated rings. The number of ether oxygens (including phenoxy) is 1. The molecule has 0 aromatic rings. The number of rotatable bonds is 17. The van der Waals surface area contributed by atoms with Crippen molar-refractivity contribution in [1.29, 1.82) is 0 Å². The molecule has 0 aliphatic carbocycles. The standard InChI is InChI=1S/C22H40O3/c1-3-5-7-8-9-10-11-12-13-14-15-16-18-20-22(24)25-21(23)19-17-6-4-2/h4,6,17,19,22,24H,3,5,7-16,18,20H2,1-2H3/b6-4+,19-17+. The van der Waals surface area contributed by atoms with Crippen LogP contribution in [0.1, 0.15) is 104 Å². The highest BCUT2D eigenvalue weighted by molar-refractivity contribution is 5.82. The summed E-state index contributed by atoms with van der Waals surface area (Å²) in [5, 5.41) is 9.66. The Morgan fingerprint density at radius 2 is 1.32 bits per heavy atom. The fourth-order valence-electron chi connectivity index (χ4n) is 2.81. The van der Waals surface area contributed by atoms with Crippen molar-refractivity contribution in [1.82, 2.24) is 0 Å². The zero-order valence-corrected chi connectivity index (χ0v) is 16.5. The minimum absolute atomic E-state index is 0.486. The van der Waals surface area contributed by atoms with Crippen LogP contribution < -0.4 is 0 Å². The van der Waals surface area contributed by atoms with Crippen molar-refractivity contribution in [3.8, 4) is 0 Å². The average molecular weight is 353 g/mol. The molecule has 0 bridgehead atoms. The summed E-state index contributed by atoms with van der Waals surface area (Å²) >= 11 is 0. The first-order valence-corrected chi connectivity index (χ1v) is 10.4. The van der Waals surface area contributed by atoms with Crippen LogP contribution in [-0.2, 0) is 9.53 Å². The Bertz CT molecular complexity index is 347. The molecule has 146 valence electrons. The second-order valence-electron chi connectivity index (χ2n) is 6.81. The number of aliphatic hydroxyl groups is 1. The van der Waals surface area contributed by atoms with Crippen molar-refractivity contribution in [2.45, 2.75) is 110 Å². The summed E-state index contributed by atoms with van der Waals surface area (Å²) < 4.78 is 4.90. The molecule has 0 aromatic carbocycles. The van der Waals surface area contributed by atoms with E-state index in [9.17, 15) is 9.90 Å². The van der Waals surface area contributed by atoms with E-state index in [-0.39, 0.29) is 0 Å². The summed E-state index contributed by atoms with van der Waals surface area (Å²) in [5.74, 6) is -0.486. The van der Waals surface area contributed by atoms with Crippen LogP contribution in [0.3, 0.4) is 0 Å². The smallest absolute Gasteiger partial charge is 0.333 e. The molecule has 0 saturated heterocycles. The molecule has 1 unspecified atom stereocenters. The molecule has 0 aliphatic heterocycles. The fraction of sp³-hybridized carbons (Fsp3) is 0.773. The molecule has 0 saturated carbocycles. The van der Waals surface area contributed by atoms with Crippen LogP contribution in [0.5, 0.6) is 0 Å². The molecule has 3 heteroatoms. The molecule has 1 N–H and O–H groups in total. The van der Waals surface area contributed by atoms with Crippen LogP contribution in [0.25, 0.3) is 0 Å². The van der Waals surface area contributed by atoms with Gasteiger partial charge in [-0.05, 0) is 13.3 Å². The van der Waals surface area contributed by atoms with Crippen LogP contribution in [0.4, 0.5) is 0 Å². The number of unbranched alkanes of at least 4 members (excludes halogenated alkanes) is 12. The third kappa shape index (κ3) is 19.1. The van der Waals surface area contributed by atoms with E-state index in [0.717, 1.165) is 12.8 Å². The van der Waals surface area contributed by atoms with Gasteiger partial charge in [-0.15, -0.1) is 0 Å². The Hall–Kier alpha value is -1.09. The lowest BCUT2D eigenvalue weighted by Crippen LogP contribution is -2.15. The second-order valence-corrected chi connectivity index (χ2v) is 6.81. The van der Waals surface area contributed by atoms with Crippen molar-refractivity contribution >= 4 is 5.97 Å². The first-order valence-electron chi connectivity index (χ1n) is 10.4. The van der Waals surface area contributed by atoms with Gasteiger partial charge < -0.3 is 9.84 Å². The van der Waals surface area contributed by atoms with E-state index >= 15 is 0 Å². The summed E-state index contributed by atoms with van der Waals surface area (Å²) in [6.07, 6.45) is 22.9. The maximum absolute atomic E-state index is 11.4. The maximum Gasteiger partial charge on any atom is 0.333 e. The van der Waals surface area contributed by atoms with E-state index in [4.69, 9.17) is 4.74 Å². The minimum Gasteiger partial charge on any atom is -0.433 e. The molecule has 25 heavy (non-hydrogen) atoms. The molecular formula is C22H40O3.